The number of aliphatic carboxylic acids is 1. The van der Waals surface area contributed by atoms with Gasteiger partial charge in [-0.15, -0.1) is 0 Å². The lowest BCUT2D eigenvalue weighted by Crippen LogP contribution is -2.45. The van der Waals surface area contributed by atoms with Gasteiger partial charge in [-0.25, -0.2) is 0 Å². The van der Waals surface area contributed by atoms with E-state index >= 15 is 0 Å². The molecule has 0 aliphatic heterocycles. The minimum atomic E-state index is -1.20. The predicted octanol–water partition coefficient (Wildman–Crippen LogP) is -1.03. The summed E-state index contributed by atoms with van der Waals surface area (Å²) in [7, 11) is 0. The molecule has 0 fully saturated rings. The zero-order valence-corrected chi connectivity index (χ0v) is 8.81. The second kappa shape index (κ2) is 5.55. The summed E-state index contributed by atoms with van der Waals surface area (Å²) in [4.78, 5) is 10.6. The van der Waals surface area contributed by atoms with Crippen LogP contribution in [0.4, 0.5) is 0 Å². The Morgan fingerprint density at radius 1 is 1.29 bits per heavy atom. The van der Waals surface area contributed by atoms with Crippen molar-refractivity contribution >= 4 is 18.6 Å². The Hall–Kier alpha value is -0.300. The fraction of sp³-hybridized carbons (Fsp3) is 0.875. The fourth-order valence-corrected chi connectivity index (χ4v) is 1.45. The molecule has 0 rings (SSSR count). The minimum absolute atomic E-state index is 0.481. The van der Waals surface area contributed by atoms with Crippen molar-refractivity contribution in [2.75, 3.05) is 19.8 Å². The molecule has 14 heavy (non-hydrogen) atoms. The van der Waals surface area contributed by atoms with E-state index in [9.17, 15) is 4.79 Å². The molecule has 5 nitrogen and oxygen atoms in total. The third-order valence-electron chi connectivity index (χ3n) is 2.64. The molecule has 0 spiro atoms. The van der Waals surface area contributed by atoms with Gasteiger partial charge >= 0.3 is 5.97 Å². The van der Waals surface area contributed by atoms with E-state index in [0.29, 0.717) is 0 Å². The topological polar surface area (TPSA) is 98.0 Å². The van der Waals surface area contributed by atoms with Gasteiger partial charge in [-0.3, -0.25) is 4.79 Å². The first kappa shape index (κ1) is 13.7. The second-order valence-corrected chi connectivity index (χ2v) is 3.96. The van der Waals surface area contributed by atoms with Crippen LogP contribution in [0.3, 0.4) is 0 Å². The number of rotatable bonds is 6. The van der Waals surface area contributed by atoms with E-state index in [1.165, 1.54) is 6.92 Å². The van der Waals surface area contributed by atoms with Gasteiger partial charge in [-0.2, -0.15) is 12.6 Å². The number of carboxylic acid groups (broad SMARTS) is 1. The lowest BCUT2D eigenvalue weighted by atomic mass is 9.76. The molecule has 2 atom stereocenters. The smallest absolute Gasteiger partial charge is 0.316 e. The van der Waals surface area contributed by atoms with Crippen LogP contribution in [0.1, 0.15) is 6.92 Å². The van der Waals surface area contributed by atoms with Crippen molar-refractivity contribution in [3.63, 3.8) is 0 Å². The second-order valence-electron chi connectivity index (χ2n) is 3.41. The van der Waals surface area contributed by atoms with Gasteiger partial charge in [0.2, 0.25) is 0 Å². The zero-order chi connectivity index (χ0) is 11.4. The van der Waals surface area contributed by atoms with E-state index in [-0.39, 0.29) is 0 Å². The predicted molar refractivity (Wildman–Crippen MR) is 53.3 cm³/mol. The highest BCUT2D eigenvalue weighted by atomic mass is 32.1. The van der Waals surface area contributed by atoms with Crippen LogP contribution in [0.25, 0.3) is 0 Å². The number of hydrogen-bond donors (Lipinski definition) is 5. The highest BCUT2D eigenvalue weighted by Crippen LogP contribution is 2.31. The van der Waals surface area contributed by atoms with Crippen LogP contribution in [0, 0.1) is 11.3 Å². The third kappa shape index (κ3) is 2.60. The van der Waals surface area contributed by atoms with Crippen molar-refractivity contribution in [2.45, 2.75) is 12.2 Å². The van der Waals surface area contributed by atoms with E-state index in [1.807, 2.05) is 0 Å². The summed E-state index contributed by atoms with van der Waals surface area (Å²) in [5, 5.41) is 34.7. The maximum Gasteiger partial charge on any atom is 0.316 e. The standard InChI is InChI=1S/C8H16O5S/c1-5(6(14)7(12)13)8(2-9,3-10)4-11/h5-6,9-11,14H,2-4H2,1H3,(H,12,13). The zero-order valence-electron chi connectivity index (χ0n) is 7.92. The van der Waals surface area contributed by atoms with Gasteiger partial charge in [0.05, 0.1) is 19.8 Å². The van der Waals surface area contributed by atoms with E-state index in [4.69, 9.17) is 20.4 Å². The summed E-state index contributed by atoms with van der Waals surface area (Å²) in [6, 6.07) is 0. The van der Waals surface area contributed by atoms with Crippen LogP contribution in [0.15, 0.2) is 0 Å². The molecule has 4 N–H and O–H groups in total. The van der Waals surface area contributed by atoms with E-state index in [0.717, 1.165) is 0 Å². The summed E-state index contributed by atoms with van der Waals surface area (Å²) in [6.45, 7) is 0.0803. The van der Waals surface area contributed by atoms with Gasteiger partial charge in [0.25, 0.3) is 0 Å². The van der Waals surface area contributed by atoms with E-state index in [1.54, 1.807) is 0 Å². The van der Waals surface area contributed by atoms with Gasteiger partial charge in [-0.05, 0) is 5.92 Å². The van der Waals surface area contributed by atoms with Gasteiger partial charge < -0.3 is 20.4 Å². The number of thiol groups is 1. The molecule has 0 aromatic heterocycles. The average molecular weight is 224 g/mol. The fourth-order valence-electron chi connectivity index (χ4n) is 1.13. The highest BCUT2D eigenvalue weighted by Gasteiger charge is 2.40. The molecule has 0 heterocycles. The maximum atomic E-state index is 10.6. The molecule has 0 radical (unpaired) electrons. The molecule has 0 aromatic rings. The molecule has 0 aromatic carbocycles. The lowest BCUT2D eigenvalue weighted by molar-refractivity contribution is -0.139. The van der Waals surface area contributed by atoms with Crippen molar-refractivity contribution in [3.8, 4) is 0 Å². The van der Waals surface area contributed by atoms with Crippen LogP contribution in [-0.2, 0) is 4.79 Å². The molecular formula is C8H16O5S. The quantitative estimate of drug-likeness (QED) is 0.372. The Kier molecular flexibility index (Phi) is 5.43. The van der Waals surface area contributed by atoms with Crippen LogP contribution in [0.2, 0.25) is 0 Å². The van der Waals surface area contributed by atoms with Crippen molar-refractivity contribution in [1.82, 2.24) is 0 Å². The van der Waals surface area contributed by atoms with E-state index in [2.05, 4.69) is 12.6 Å². The maximum absolute atomic E-state index is 10.6. The van der Waals surface area contributed by atoms with Gasteiger partial charge in [0.15, 0.2) is 0 Å². The minimum Gasteiger partial charge on any atom is -0.480 e. The molecule has 0 aliphatic rings. The summed E-state index contributed by atoms with van der Waals surface area (Å²) in [5.41, 5.74) is -1.20. The Morgan fingerprint density at radius 2 is 1.64 bits per heavy atom. The number of aliphatic hydroxyl groups excluding tert-OH is 3. The third-order valence-corrected chi connectivity index (χ3v) is 3.31. The molecule has 84 valence electrons. The molecule has 0 aliphatic carbocycles. The Morgan fingerprint density at radius 3 is 1.86 bits per heavy atom. The monoisotopic (exact) mass is 224 g/mol. The van der Waals surface area contributed by atoms with Gasteiger partial charge in [0.1, 0.15) is 5.25 Å². The SMILES string of the molecule is CC(C(S)C(=O)O)C(CO)(CO)CO. The molecule has 2 unspecified atom stereocenters. The van der Waals surface area contributed by atoms with Crippen molar-refractivity contribution in [1.29, 1.82) is 0 Å². The Balaban J connectivity index is 4.74. The van der Waals surface area contributed by atoms with Gasteiger partial charge in [0, 0.05) is 5.41 Å². The van der Waals surface area contributed by atoms with Crippen molar-refractivity contribution in [2.24, 2.45) is 11.3 Å². The first-order valence-corrected chi connectivity index (χ1v) is 4.70. The molecule has 0 saturated carbocycles. The first-order chi connectivity index (χ1) is 6.45. The number of carbonyl (C=O) groups is 1. The highest BCUT2D eigenvalue weighted by molar-refractivity contribution is 7.81. The molecule has 0 amide bonds. The molecular weight excluding hydrogens is 208 g/mol. The van der Waals surface area contributed by atoms with Gasteiger partial charge in [-0.1, -0.05) is 6.92 Å². The van der Waals surface area contributed by atoms with Crippen molar-refractivity contribution < 1.29 is 25.2 Å². The number of aliphatic hydroxyl groups is 3. The van der Waals surface area contributed by atoms with Crippen LogP contribution < -0.4 is 0 Å². The Bertz CT molecular complexity index is 184. The summed E-state index contributed by atoms with van der Waals surface area (Å²) in [6.07, 6.45) is 0. The first-order valence-electron chi connectivity index (χ1n) is 4.18. The summed E-state index contributed by atoms with van der Waals surface area (Å²) in [5.74, 6) is -1.77. The van der Waals surface area contributed by atoms with Crippen LogP contribution >= 0.6 is 12.6 Å². The summed E-state index contributed by atoms with van der Waals surface area (Å²) < 4.78 is 0. The average Bonchev–Trinajstić information content (AvgIpc) is 2.19. The molecule has 0 saturated heterocycles. The van der Waals surface area contributed by atoms with E-state index < -0.39 is 42.4 Å². The van der Waals surface area contributed by atoms with Crippen LogP contribution in [0.5, 0.6) is 0 Å². The normalized spacial score (nSPS) is 16.4. The summed E-state index contributed by atoms with van der Waals surface area (Å²) >= 11 is 3.84. The molecule has 0 bridgehead atoms. The largest absolute Gasteiger partial charge is 0.480 e. The van der Waals surface area contributed by atoms with Crippen molar-refractivity contribution in [3.05, 3.63) is 0 Å². The van der Waals surface area contributed by atoms with Crippen LogP contribution in [-0.4, -0.2) is 51.5 Å². The number of hydrogen-bond acceptors (Lipinski definition) is 5. The number of carboxylic acids is 1. The Labute approximate surface area is 87.8 Å². The lowest BCUT2D eigenvalue weighted by Gasteiger charge is -2.35. The molecule has 6 heteroatoms.